The molecule has 0 radical (unpaired) electrons. The quantitative estimate of drug-likeness (QED) is 0.720. The van der Waals surface area contributed by atoms with Gasteiger partial charge in [0.15, 0.2) is 0 Å². The Balaban J connectivity index is 1.99. The molecule has 3 rings (SSSR count). The van der Waals surface area contributed by atoms with Crippen LogP contribution in [0.2, 0.25) is 0 Å². The van der Waals surface area contributed by atoms with Gasteiger partial charge in [-0.1, -0.05) is 0 Å². The molecule has 0 bridgehead atoms. The van der Waals surface area contributed by atoms with E-state index in [1.54, 1.807) is 14.0 Å². The Hall–Kier alpha value is -0.680. The summed E-state index contributed by atoms with van der Waals surface area (Å²) in [5, 5.41) is 0. The first-order valence-corrected chi connectivity index (χ1v) is 10.7. The Labute approximate surface area is 126 Å². The van der Waals surface area contributed by atoms with Crippen LogP contribution < -0.4 is 0 Å². The SMILES string of the molecule is O=C1CCCN1[P+](Br)(N1CCCC1=O)N1CCCC1=O. The van der Waals surface area contributed by atoms with E-state index in [0.717, 1.165) is 19.3 Å². The third-order valence-electron chi connectivity index (χ3n) is 4.07. The number of amides is 3. The normalized spacial score (nSPS) is 24.4. The molecule has 6 nitrogen and oxygen atoms in total. The van der Waals surface area contributed by atoms with E-state index in [-0.39, 0.29) is 17.7 Å². The smallest absolute Gasteiger partial charge is 0.271 e. The zero-order valence-electron chi connectivity index (χ0n) is 11.3. The number of nitrogens with zero attached hydrogens (tertiary/aromatic N) is 3. The van der Waals surface area contributed by atoms with Gasteiger partial charge in [0, 0.05) is 19.3 Å². The lowest BCUT2D eigenvalue weighted by Gasteiger charge is -2.37. The molecule has 0 N–H and O–H groups in total. The molecule has 0 aromatic heterocycles. The van der Waals surface area contributed by atoms with Crippen LogP contribution in [0, 0.1) is 0 Å². The molecular formula is C12H18BrN3O3P+. The molecule has 3 saturated heterocycles. The molecule has 0 aliphatic carbocycles. The van der Waals surface area contributed by atoms with Crippen LogP contribution in [-0.2, 0) is 14.4 Å². The minimum absolute atomic E-state index is 0.0506. The highest BCUT2D eigenvalue weighted by Gasteiger charge is 2.63. The highest BCUT2D eigenvalue weighted by molar-refractivity contribution is 9.41. The third kappa shape index (κ3) is 2.06. The summed E-state index contributed by atoms with van der Waals surface area (Å²) in [6.07, 6.45) is 1.42. The number of hydrogen-bond acceptors (Lipinski definition) is 3. The van der Waals surface area contributed by atoms with Crippen molar-refractivity contribution in [2.45, 2.75) is 38.5 Å². The van der Waals surface area contributed by atoms with E-state index in [4.69, 9.17) is 0 Å². The van der Waals surface area contributed by atoms with Gasteiger partial charge >= 0.3 is 6.42 Å². The van der Waals surface area contributed by atoms with Gasteiger partial charge in [0.2, 0.25) is 15.5 Å². The molecule has 0 aromatic carbocycles. The molecule has 0 aromatic rings. The first kappa shape index (κ1) is 14.3. The predicted molar refractivity (Wildman–Crippen MR) is 78.7 cm³/mol. The van der Waals surface area contributed by atoms with Gasteiger partial charge in [-0.05, 0) is 19.3 Å². The van der Waals surface area contributed by atoms with Gasteiger partial charge in [-0.15, -0.1) is 0 Å². The molecule has 110 valence electrons. The number of carbonyl (C=O) groups excluding carboxylic acids is 3. The Morgan fingerprint density at radius 3 is 1.20 bits per heavy atom. The van der Waals surface area contributed by atoms with E-state index in [1.165, 1.54) is 0 Å². The minimum Gasteiger partial charge on any atom is -0.271 e. The van der Waals surface area contributed by atoms with Crippen molar-refractivity contribution in [3.8, 4) is 0 Å². The summed E-state index contributed by atoms with van der Waals surface area (Å²) < 4.78 is 5.29. The number of halogens is 1. The summed E-state index contributed by atoms with van der Waals surface area (Å²) in [5.41, 5.74) is 0. The zero-order chi connectivity index (χ0) is 14.3. The molecule has 3 aliphatic heterocycles. The van der Waals surface area contributed by atoms with Crippen molar-refractivity contribution in [3.05, 3.63) is 0 Å². The summed E-state index contributed by atoms with van der Waals surface area (Å²) in [6.45, 7) is 1.89. The van der Waals surface area contributed by atoms with Gasteiger partial charge in [-0.3, -0.25) is 14.4 Å². The second-order valence-electron chi connectivity index (χ2n) is 5.36. The summed E-state index contributed by atoms with van der Waals surface area (Å²) in [4.78, 5) is 36.6. The van der Waals surface area contributed by atoms with Crippen molar-refractivity contribution in [1.29, 1.82) is 0 Å². The molecule has 3 fully saturated rings. The Kier molecular flexibility index (Phi) is 3.75. The van der Waals surface area contributed by atoms with Gasteiger partial charge in [0.25, 0.3) is 17.7 Å². The summed E-state index contributed by atoms with van der Waals surface area (Å²) in [7, 11) is 0. The average molecular weight is 363 g/mol. The Bertz CT molecular complexity index is 408. The van der Waals surface area contributed by atoms with Crippen molar-refractivity contribution in [2.75, 3.05) is 19.6 Å². The van der Waals surface area contributed by atoms with Crippen LogP contribution >= 0.6 is 21.9 Å². The zero-order valence-corrected chi connectivity index (χ0v) is 13.7. The molecule has 0 spiro atoms. The van der Waals surface area contributed by atoms with Crippen LogP contribution in [0.1, 0.15) is 38.5 Å². The van der Waals surface area contributed by atoms with Crippen LogP contribution in [0.5, 0.6) is 0 Å². The highest BCUT2D eigenvalue weighted by atomic mass is 79.9. The van der Waals surface area contributed by atoms with Gasteiger partial charge < -0.3 is 0 Å². The first-order chi connectivity index (χ1) is 9.55. The second kappa shape index (κ2) is 5.26. The molecule has 3 heterocycles. The fourth-order valence-corrected chi connectivity index (χ4v) is 9.24. The highest BCUT2D eigenvalue weighted by Crippen LogP contribution is 2.76. The predicted octanol–water partition coefficient (Wildman–Crippen LogP) is 1.93. The van der Waals surface area contributed by atoms with E-state index in [1.807, 2.05) is 0 Å². The van der Waals surface area contributed by atoms with E-state index < -0.39 is 6.42 Å². The summed E-state index contributed by atoms with van der Waals surface area (Å²) in [5.74, 6) is 0.152. The lowest BCUT2D eigenvalue weighted by atomic mass is 10.4. The maximum atomic E-state index is 12.2. The topological polar surface area (TPSA) is 60.9 Å². The van der Waals surface area contributed by atoms with E-state index in [0.29, 0.717) is 38.9 Å². The van der Waals surface area contributed by atoms with Crippen molar-refractivity contribution < 1.29 is 14.4 Å². The number of carbonyl (C=O) groups is 3. The van der Waals surface area contributed by atoms with Crippen molar-refractivity contribution in [1.82, 2.24) is 14.0 Å². The average Bonchev–Trinajstić information content (AvgIpc) is 3.10. The van der Waals surface area contributed by atoms with Crippen LogP contribution in [0.15, 0.2) is 0 Å². The standard InChI is InChI=1S/C12H18BrN3O3P/c13-20(14-7-1-4-10(14)17,15-8-2-5-11(15)18)16-9-3-6-12(16)19/h1-9H2/q+1. The molecule has 0 unspecified atom stereocenters. The van der Waals surface area contributed by atoms with Crippen molar-refractivity contribution >= 4 is 39.6 Å². The van der Waals surface area contributed by atoms with Gasteiger partial charge in [0.1, 0.15) is 0 Å². The van der Waals surface area contributed by atoms with Gasteiger partial charge in [0.05, 0.1) is 19.6 Å². The molecule has 3 amide bonds. The fourth-order valence-electron chi connectivity index (χ4n) is 3.10. The molecular weight excluding hydrogens is 345 g/mol. The third-order valence-corrected chi connectivity index (χ3v) is 10.6. The van der Waals surface area contributed by atoms with Gasteiger partial charge in [-0.2, -0.15) is 14.0 Å². The maximum absolute atomic E-state index is 12.2. The maximum Gasteiger partial charge on any atom is 0.377 e. The largest absolute Gasteiger partial charge is 0.377 e. The van der Waals surface area contributed by atoms with Crippen LogP contribution in [0.25, 0.3) is 0 Å². The molecule has 0 saturated carbocycles. The second-order valence-corrected chi connectivity index (χ2v) is 10.6. The van der Waals surface area contributed by atoms with Crippen LogP contribution in [0.4, 0.5) is 0 Å². The molecule has 20 heavy (non-hydrogen) atoms. The Morgan fingerprint density at radius 1 is 0.700 bits per heavy atom. The van der Waals surface area contributed by atoms with E-state index in [2.05, 4.69) is 15.5 Å². The van der Waals surface area contributed by atoms with Crippen molar-refractivity contribution in [2.24, 2.45) is 0 Å². The van der Waals surface area contributed by atoms with Crippen molar-refractivity contribution in [3.63, 3.8) is 0 Å². The lowest BCUT2D eigenvalue weighted by molar-refractivity contribution is -0.126. The lowest BCUT2D eigenvalue weighted by Crippen LogP contribution is -2.44. The van der Waals surface area contributed by atoms with E-state index >= 15 is 0 Å². The number of hydrogen-bond donors (Lipinski definition) is 0. The minimum atomic E-state index is -2.52. The van der Waals surface area contributed by atoms with Gasteiger partial charge in [-0.25, -0.2) is 0 Å². The van der Waals surface area contributed by atoms with Crippen LogP contribution in [-0.4, -0.2) is 51.4 Å². The first-order valence-electron chi connectivity index (χ1n) is 7.06. The van der Waals surface area contributed by atoms with Crippen LogP contribution in [0.3, 0.4) is 0 Å². The number of rotatable bonds is 3. The fraction of sp³-hybridized carbons (Fsp3) is 0.750. The monoisotopic (exact) mass is 362 g/mol. The summed E-state index contributed by atoms with van der Waals surface area (Å²) in [6, 6.07) is 0. The summed E-state index contributed by atoms with van der Waals surface area (Å²) >= 11 is 3.71. The Morgan fingerprint density at radius 2 is 1.00 bits per heavy atom. The molecule has 0 atom stereocenters. The molecule has 8 heteroatoms. The van der Waals surface area contributed by atoms with E-state index in [9.17, 15) is 14.4 Å². The molecule has 3 aliphatic rings.